The first-order valence-electron chi connectivity index (χ1n) is 4.88. The average molecular weight is 474 g/mol. The van der Waals surface area contributed by atoms with Gasteiger partial charge in [-0.05, 0) is 13.3 Å². The van der Waals surface area contributed by atoms with Crippen molar-refractivity contribution < 1.29 is 73.5 Å². The molecule has 1 saturated heterocycles. The van der Waals surface area contributed by atoms with Gasteiger partial charge in [0.2, 0.25) is 0 Å². The van der Waals surface area contributed by atoms with Crippen molar-refractivity contribution in [3.05, 3.63) is 6.92 Å². The van der Waals surface area contributed by atoms with Crippen molar-refractivity contribution in [2.75, 3.05) is 0 Å². The Bertz CT molecular complexity index is 215. The molecule has 0 bridgehead atoms. The van der Waals surface area contributed by atoms with E-state index in [0.29, 0.717) is 12.8 Å². The van der Waals surface area contributed by atoms with Crippen LogP contribution in [0.1, 0.15) is 26.2 Å². The van der Waals surface area contributed by atoms with Crippen LogP contribution in [0.2, 0.25) is 0 Å². The molecule has 2 unspecified atom stereocenters. The third kappa shape index (κ3) is 5.33. The standard InChI is InChI=1S/C10H17O4.W.Y/c1-3-4-7(11)5-8-10(13)9(12)6(2)14-8;;/h6,8-10,12-13H,1,3-5H2,2H3;;/q-1;;/t6?,8?,9-,10+;;/m0../s1. The summed E-state index contributed by atoms with van der Waals surface area (Å²) < 4.78 is 5.26. The molecule has 0 aromatic heterocycles. The van der Waals surface area contributed by atoms with Crippen LogP contribution in [0.3, 0.4) is 0 Å². The fourth-order valence-corrected chi connectivity index (χ4v) is 1.63. The van der Waals surface area contributed by atoms with E-state index in [2.05, 4.69) is 6.92 Å². The van der Waals surface area contributed by atoms with E-state index in [0.717, 1.165) is 0 Å². The summed E-state index contributed by atoms with van der Waals surface area (Å²) in [4.78, 5) is 11.2. The van der Waals surface area contributed by atoms with Gasteiger partial charge in [-0.1, -0.05) is 0 Å². The molecule has 4 nitrogen and oxygen atoms in total. The third-order valence-corrected chi connectivity index (χ3v) is 2.49. The van der Waals surface area contributed by atoms with Gasteiger partial charge in [0.25, 0.3) is 0 Å². The predicted molar refractivity (Wildman–Crippen MR) is 50.6 cm³/mol. The van der Waals surface area contributed by atoms with Crippen molar-refractivity contribution in [1.82, 2.24) is 0 Å². The van der Waals surface area contributed by atoms with Gasteiger partial charge < -0.3 is 21.9 Å². The van der Waals surface area contributed by atoms with E-state index in [1.165, 1.54) is 0 Å². The van der Waals surface area contributed by atoms with Gasteiger partial charge in [-0.2, -0.15) is 6.42 Å². The summed E-state index contributed by atoms with van der Waals surface area (Å²) >= 11 is 0. The summed E-state index contributed by atoms with van der Waals surface area (Å²) in [7, 11) is 0. The van der Waals surface area contributed by atoms with Crippen LogP contribution in [0.5, 0.6) is 0 Å². The molecule has 0 amide bonds. The maximum atomic E-state index is 11.2. The number of hydrogen-bond donors (Lipinski definition) is 2. The fourth-order valence-electron chi connectivity index (χ4n) is 1.63. The number of carbonyl (C=O) groups is 1. The van der Waals surface area contributed by atoms with E-state index in [9.17, 15) is 15.0 Å². The van der Waals surface area contributed by atoms with E-state index in [1.807, 2.05) is 0 Å². The fraction of sp³-hybridized carbons (Fsp3) is 0.800. The second-order valence-electron chi connectivity index (χ2n) is 3.71. The SMILES string of the molecule is [CH2-]CCC(=O)CC1OC(C)[C@H](O)[C@@H]1O.[W].[Y]. The Labute approximate surface area is 136 Å². The third-order valence-electron chi connectivity index (χ3n) is 2.49. The molecule has 0 aromatic rings. The zero-order valence-corrected chi connectivity index (χ0v) is 15.1. The maximum Gasteiger partial charge on any atom is 0.133 e. The number of aliphatic hydroxyl groups excluding tert-OH is 2. The number of ketones is 1. The zero-order chi connectivity index (χ0) is 10.7. The van der Waals surface area contributed by atoms with E-state index < -0.39 is 24.4 Å². The van der Waals surface area contributed by atoms with Crippen molar-refractivity contribution in [3.63, 3.8) is 0 Å². The molecule has 2 N–H and O–H groups in total. The normalized spacial score (nSPS) is 32.8. The number of carbonyl (C=O) groups excluding carboxylic acids is 1. The van der Waals surface area contributed by atoms with E-state index >= 15 is 0 Å². The van der Waals surface area contributed by atoms with Gasteiger partial charge >= 0.3 is 0 Å². The van der Waals surface area contributed by atoms with Crippen molar-refractivity contribution in [2.24, 2.45) is 0 Å². The van der Waals surface area contributed by atoms with Gasteiger partial charge in [-0.15, -0.1) is 0 Å². The molecule has 6 heteroatoms. The van der Waals surface area contributed by atoms with Gasteiger partial charge in [-0.3, -0.25) is 4.79 Å². The molecule has 4 atom stereocenters. The molecule has 1 aliphatic rings. The summed E-state index contributed by atoms with van der Waals surface area (Å²) in [5.74, 6) is 0.0188. The largest absolute Gasteiger partial charge is 0.388 e. The molecule has 0 aliphatic carbocycles. The minimum atomic E-state index is -0.946. The average Bonchev–Trinajstić information content (AvgIpc) is 2.34. The molecule has 91 valence electrons. The summed E-state index contributed by atoms with van der Waals surface area (Å²) in [6.45, 7) is 5.26. The topological polar surface area (TPSA) is 66.8 Å². The van der Waals surface area contributed by atoms with Crippen LogP contribution in [0, 0.1) is 6.92 Å². The first-order chi connectivity index (χ1) is 6.56. The number of rotatable bonds is 4. The molecular weight excluding hydrogens is 457 g/mol. The molecule has 16 heavy (non-hydrogen) atoms. The van der Waals surface area contributed by atoms with Gasteiger partial charge in [-0.25, -0.2) is 0 Å². The Kier molecular flexibility index (Phi) is 11.4. The number of Topliss-reactive ketones (excluding diaryl/α,β-unsaturated/α-hetero) is 1. The van der Waals surface area contributed by atoms with Gasteiger partial charge in [0.1, 0.15) is 18.0 Å². The molecule has 1 aliphatic heterocycles. The summed E-state index contributed by atoms with van der Waals surface area (Å²) in [6.07, 6.45) is -1.66. The maximum absolute atomic E-state index is 11.2. The smallest absolute Gasteiger partial charge is 0.133 e. The van der Waals surface area contributed by atoms with Crippen molar-refractivity contribution in [3.8, 4) is 0 Å². The molecular formula is C10H17O4WY-. The molecule has 0 spiro atoms. The van der Waals surface area contributed by atoms with Gasteiger partial charge in [0.05, 0.1) is 12.2 Å². The Balaban J connectivity index is 0. The molecule has 0 saturated carbocycles. The van der Waals surface area contributed by atoms with E-state index in [-0.39, 0.29) is 66.0 Å². The van der Waals surface area contributed by atoms with Crippen molar-refractivity contribution in [1.29, 1.82) is 0 Å². The van der Waals surface area contributed by atoms with Crippen molar-refractivity contribution >= 4 is 5.78 Å². The summed E-state index contributed by atoms with van der Waals surface area (Å²) in [6, 6.07) is 0. The van der Waals surface area contributed by atoms with Crippen LogP contribution in [-0.2, 0) is 63.3 Å². The second kappa shape index (κ2) is 9.30. The van der Waals surface area contributed by atoms with Gasteiger partial charge in [0.15, 0.2) is 0 Å². The number of ether oxygens (including phenoxy) is 1. The van der Waals surface area contributed by atoms with Crippen LogP contribution in [0.15, 0.2) is 0 Å². The Hall–Kier alpha value is 1.34. The second-order valence-corrected chi connectivity index (χ2v) is 3.71. The van der Waals surface area contributed by atoms with Crippen LogP contribution < -0.4 is 0 Å². The predicted octanol–water partition coefficient (Wildman–Crippen LogP) is 0.0640. The van der Waals surface area contributed by atoms with Crippen LogP contribution in [-0.4, -0.2) is 40.4 Å². The molecule has 1 heterocycles. The molecule has 0 aromatic carbocycles. The Morgan fingerprint density at radius 2 is 1.94 bits per heavy atom. The first kappa shape index (κ1) is 19.7. The summed E-state index contributed by atoms with van der Waals surface area (Å²) in [5, 5.41) is 18.9. The number of hydrogen-bond acceptors (Lipinski definition) is 4. The van der Waals surface area contributed by atoms with E-state index in [4.69, 9.17) is 4.74 Å². The van der Waals surface area contributed by atoms with Crippen LogP contribution in [0.4, 0.5) is 0 Å². The molecule has 1 fully saturated rings. The van der Waals surface area contributed by atoms with Crippen LogP contribution >= 0.6 is 0 Å². The number of aliphatic hydroxyl groups is 2. The van der Waals surface area contributed by atoms with Crippen LogP contribution in [0.25, 0.3) is 0 Å². The Morgan fingerprint density at radius 1 is 1.38 bits per heavy atom. The van der Waals surface area contributed by atoms with Crippen molar-refractivity contribution in [2.45, 2.75) is 50.6 Å². The minimum absolute atomic E-state index is 0. The van der Waals surface area contributed by atoms with Gasteiger partial charge in [0, 0.05) is 60.2 Å². The van der Waals surface area contributed by atoms with E-state index in [1.54, 1.807) is 6.92 Å². The minimum Gasteiger partial charge on any atom is -0.388 e. The molecule has 1 rings (SSSR count). The first-order valence-corrected chi connectivity index (χ1v) is 4.88. The quantitative estimate of drug-likeness (QED) is 0.567. The monoisotopic (exact) mass is 474 g/mol. The summed E-state index contributed by atoms with van der Waals surface area (Å²) in [5.41, 5.74) is 0. The Morgan fingerprint density at radius 3 is 2.31 bits per heavy atom. The molecule has 1 radical (unpaired) electrons. The zero-order valence-electron chi connectivity index (χ0n) is 9.33.